The van der Waals surface area contributed by atoms with Crippen molar-refractivity contribution in [1.29, 1.82) is 0 Å². The third-order valence-corrected chi connectivity index (χ3v) is 4.01. The van der Waals surface area contributed by atoms with Gasteiger partial charge in [-0.15, -0.1) is 0 Å². The number of nitrogens with two attached hydrogens (primary N) is 1. The highest BCUT2D eigenvalue weighted by molar-refractivity contribution is 5.79. The molecule has 3 rings (SSSR count). The van der Waals surface area contributed by atoms with Crippen molar-refractivity contribution in [1.82, 2.24) is 15.5 Å². The SMILES string of the molecule is Cc1cc2cn[nH]c2cc1C1NCC(N)CC1C. The summed E-state index contributed by atoms with van der Waals surface area (Å²) in [5.41, 5.74) is 9.80. The number of hydrogen-bond donors (Lipinski definition) is 3. The van der Waals surface area contributed by atoms with Crippen molar-refractivity contribution in [3.05, 3.63) is 29.5 Å². The van der Waals surface area contributed by atoms with Crippen LogP contribution < -0.4 is 11.1 Å². The Kier molecular flexibility index (Phi) is 2.84. The Balaban J connectivity index is 2.00. The standard InChI is InChI=1S/C14H20N4/c1-8-3-10-6-17-18-13(10)5-12(8)14-9(2)4-11(15)7-16-14/h3,5-6,9,11,14,16H,4,7,15H2,1-2H3,(H,17,18). The number of aromatic amines is 1. The Morgan fingerprint density at radius 1 is 1.39 bits per heavy atom. The average Bonchev–Trinajstić information content (AvgIpc) is 2.75. The van der Waals surface area contributed by atoms with Gasteiger partial charge in [0.05, 0.1) is 11.7 Å². The molecule has 2 heterocycles. The molecule has 96 valence electrons. The highest BCUT2D eigenvalue weighted by atomic mass is 15.1. The highest BCUT2D eigenvalue weighted by Gasteiger charge is 2.27. The molecule has 0 radical (unpaired) electrons. The number of nitrogens with one attached hydrogen (secondary N) is 2. The minimum absolute atomic E-state index is 0.285. The zero-order valence-corrected chi connectivity index (χ0v) is 10.9. The molecule has 4 N–H and O–H groups in total. The number of hydrogen-bond acceptors (Lipinski definition) is 3. The van der Waals surface area contributed by atoms with Crippen LogP contribution in [0.5, 0.6) is 0 Å². The van der Waals surface area contributed by atoms with E-state index in [9.17, 15) is 0 Å². The predicted octanol–water partition coefficient (Wildman–Crippen LogP) is 1.87. The molecule has 1 saturated heterocycles. The molecule has 1 aromatic heterocycles. The first kappa shape index (κ1) is 11.7. The van der Waals surface area contributed by atoms with E-state index < -0.39 is 0 Å². The Labute approximate surface area is 107 Å². The molecular weight excluding hydrogens is 224 g/mol. The Bertz CT molecular complexity index is 560. The molecule has 1 aliphatic rings. The summed E-state index contributed by atoms with van der Waals surface area (Å²) in [7, 11) is 0. The van der Waals surface area contributed by atoms with Crippen LogP contribution in [-0.2, 0) is 0 Å². The molecular formula is C14H20N4. The van der Waals surface area contributed by atoms with Gasteiger partial charge in [-0.05, 0) is 42.5 Å². The Morgan fingerprint density at radius 3 is 3.00 bits per heavy atom. The van der Waals surface area contributed by atoms with Crippen molar-refractivity contribution >= 4 is 10.9 Å². The Morgan fingerprint density at radius 2 is 2.22 bits per heavy atom. The molecule has 18 heavy (non-hydrogen) atoms. The van der Waals surface area contributed by atoms with Crippen molar-refractivity contribution in [3.63, 3.8) is 0 Å². The number of fused-ring (bicyclic) bond motifs is 1. The van der Waals surface area contributed by atoms with Crippen LogP contribution in [0.3, 0.4) is 0 Å². The smallest absolute Gasteiger partial charge is 0.0653 e. The van der Waals surface area contributed by atoms with E-state index in [4.69, 9.17) is 5.73 Å². The van der Waals surface area contributed by atoms with Gasteiger partial charge in [-0.2, -0.15) is 5.10 Å². The van der Waals surface area contributed by atoms with Gasteiger partial charge in [0.25, 0.3) is 0 Å². The van der Waals surface area contributed by atoms with Crippen molar-refractivity contribution in [3.8, 4) is 0 Å². The molecule has 3 atom stereocenters. The summed E-state index contributed by atoms with van der Waals surface area (Å²) in [5, 5.41) is 11.9. The number of rotatable bonds is 1. The summed E-state index contributed by atoms with van der Waals surface area (Å²) in [6.45, 7) is 5.34. The predicted molar refractivity (Wildman–Crippen MR) is 73.3 cm³/mol. The minimum atomic E-state index is 0.285. The van der Waals surface area contributed by atoms with Gasteiger partial charge in [0.2, 0.25) is 0 Å². The first-order chi connectivity index (χ1) is 8.65. The molecule has 0 aliphatic carbocycles. The van der Waals surface area contributed by atoms with Crippen LogP contribution >= 0.6 is 0 Å². The van der Waals surface area contributed by atoms with E-state index in [1.54, 1.807) is 0 Å². The molecule has 1 fully saturated rings. The second-order valence-corrected chi connectivity index (χ2v) is 5.53. The molecule has 0 bridgehead atoms. The second-order valence-electron chi connectivity index (χ2n) is 5.53. The Hall–Kier alpha value is -1.39. The lowest BCUT2D eigenvalue weighted by Crippen LogP contribution is -2.45. The number of nitrogens with zero attached hydrogens (tertiary/aromatic N) is 1. The maximum absolute atomic E-state index is 6.00. The van der Waals surface area contributed by atoms with Crippen LogP contribution in [0, 0.1) is 12.8 Å². The summed E-state index contributed by atoms with van der Waals surface area (Å²) >= 11 is 0. The van der Waals surface area contributed by atoms with Crippen molar-refractivity contribution in [2.45, 2.75) is 32.4 Å². The van der Waals surface area contributed by atoms with Crippen LogP contribution in [0.4, 0.5) is 0 Å². The van der Waals surface area contributed by atoms with Gasteiger partial charge >= 0.3 is 0 Å². The highest BCUT2D eigenvalue weighted by Crippen LogP contribution is 2.32. The fourth-order valence-corrected chi connectivity index (χ4v) is 3.05. The summed E-state index contributed by atoms with van der Waals surface area (Å²) < 4.78 is 0. The van der Waals surface area contributed by atoms with Crippen molar-refractivity contribution < 1.29 is 0 Å². The lowest BCUT2D eigenvalue weighted by molar-refractivity contribution is 0.278. The maximum Gasteiger partial charge on any atom is 0.0653 e. The van der Waals surface area contributed by atoms with Gasteiger partial charge in [-0.1, -0.05) is 6.92 Å². The molecule has 0 saturated carbocycles. The number of piperidine rings is 1. The van der Waals surface area contributed by atoms with Gasteiger partial charge in [-0.25, -0.2) is 0 Å². The lowest BCUT2D eigenvalue weighted by Gasteiger charge is -2.34. The van der Waals surface area contributed by atoms with E-state index in [2.05, 4.69) is 41.5 Å². The normalized spacial score (nSPS) is 28.7. The maximum atomic E-state index is 6.00. The van der Waals surface area contributed by atoms with Gasteiger partial charge in [0.1, 0.15) is 0 Å². The van der Waals surface area contributed by atoms with E-state index in [0.717, 1.165) is 18.5 Å². The second kappa shape index (κ2) is 4.37. The minimum Gasteiger partial charge on any atom is -0.327 e. The van der Waals surface area contributed by atoms with Gasteiger partial charge in [-0.3, -0.25) is 5.10 Å². The fourth-order valence-electron chi connectivity index (χ4n) is 3.05. The third kappa shape index (κ3) is 1.91. The van der Waals surface area contributed by atoms with Crippen LogP contribution in [0.15, 0.2) is 18.3 Å². The number of aryl methyl sites for hydroxylation is 1. The van der Waals surface area contributed by atoms with Gasteiger partial charge in [0.15, 0.2) is 0 Å². The molecule has 0 spiro atoms. The molecule has 1 aliphatic heterocycles. The number of benzene rings is 1. The molecule has 1 aromatic carbocycles. The molecule has 0 amide bonds. The van der Waals surface area contributed by atoms with E-state index in [0.29, 0.717) is 12.0 Å². The molecule has 3 unspecified atom stereocenters. The summed E-state index contributed by atoms with van der Waals surface area (Å²) in [4.78, 5) is 0. The lowest BCUT2D eigenvalue weighted by atomic mass is 9.84. The molecule has 4 nitrogen and oxygen atoms in total. The van der Waals surface area contributed by atoms with E-state index >= 15 is 0 Å². The monoisotopic (exact) mass is 244 g/mol. The van der Waals surface area contributed by atoms with Crippen LogP contribution in [0.1, 0.15) is 30.5 Å². The largest absolute Gasteiger partial charge is 0.327 e. The summed E-state index contributed by atoms with van der Waals surface area (Å²) in [6.07, 6.45) is 2.96. The number of aromatic nitrogens is 2. The third-order valence-electron chi connectivity index (χ3n) is 4.01. The quantitative estimate of drug-likeness (QED) is 0.717. The van der Waals surface area contributed by atoms with Crippen molar-refractivity contribution in [2.75, 3.05) is 6.54 Å². The first-order valence-electron chi connectivity index (χ1n) is 6.57. The zero-order valence-electron chi connectivity index (χ0n) is 10.9. The van der Waals surface area contributed by atoms with Gasteiger partial charge in [0, 0.05) is 24.0 Å². The summed E-state index contributed by atoms with van der Waals surface area (Å²) in [5.74, 6) is 0.563. The van der Waals surface area contributed by atoms with E-state index in [-0.39, 0.29) is 6.04 Å². The van der Waals surface area contributed by atoms with Crippen LogP contribution in [0.25, 0.3) is 10.9 Å². The molecule has 2 aromatic rings. The topological polar surface area (TPSA) is 66.7 Å². The zero-order chi connectivity index (χ0) is 12.7. The van der Waals surface area contributed by atoms with E-state index in [1.807, 2.05) is 6.20 Å². The van der Waals surface area contributed by atoms with Crippen LogP contribution in [-0.4, -0.2) is 22.8 Å². The number of H-pyrrole nitrogens is 1. The fraction of sp³-hybridized carbons (Fsp3) is 0.500. The molecule has 4 heteroatoms. The van der Waals surface area contributed by atoms with Crippen molar-refractivity contribution in [2.24, 2.45) is 11.7 Å². The van der Waals surface area contributed by atoms with Crippen LogP contribution in [0.2, 0.25) is 0 Å². The average molecular weight is 244 g/mol. The van der Waals surface area contributed by atoms with E-state index in [1.165, 1.54) is 16.5 Å². The van der Waals surface area contributed by atoms with Gasteiger partial charge < -0.3 is 11.1 Å². The first-order valence-corrected chi connectivity index (χ1v) is 6.57. The summed E-state index contributed by atoms with van der Waals surface area (Å²) in [6, 6.07) is 5.12.